The van der Waals surface area contributed by atoms with Crippen molar-refractivity contribution >= 4 is 97.1 Å². The maximum atomic E-state index is 6.60. The SMILES string of the molecule is c1ccc(-c2nnc(-c3ccc4c(c3)c3ccccc3n4-c3ccc4sc5ccc(-n6c7ccccc7c7c8oc9ccccc9c8ccc76)cc5c4c3)n2-c2ccccc2)cc1. The molecule has 0 aliphatic carbocycles. The zero-order chi connectivity index (χ0) is 41.2. The van der Waals surface area contributed by atoms with Crippen LogP contribution in [0.5, 0.6) is 0 Å². The first-order chi connectivity index (χ1) is 31.2. The van der Waals surface area contributed by atoms with Crippen molar-refractivity contribution in [2.24, 2.45) is 0 Å². The lowest BCUT2D eigenvalue weighted by Gasteiger charge is -2.12. The van der Waals surface area contributed by atoms with Gasteiger partial charge in [-0.25, -0.2) is 0 Å². The van der Waals surface area contributed by atoms with Crippen molar-refractivity contribution < 1.29 is 4.42 Å². The fourth-order valence-corrected chi connectivity index (χ4v) is 11.1. The summed E-state index contributed by atoms with van der Waals surface area (Å²) in [5.74, 6) is 1.60. The van der Waals surface area contributed by atoms with E-state index in [1.54, 1.807) is 0 Å². The van der Waals surface area contributed by atoms with E-state index in [0.717, 1.165) is 94.6 Å². The van der Waals surface area contributed by atoms with Gasteiger partial charge < -0.3 is 13.6 Å². The summed E-state index contributed by atoms with van der Waals surface area (Å²) in [6.45, 7) is 0. The van der Waals surface area contributed by atoms with Crippen molar-refractivity contribution in [1.29, 1.82) is 0 Å². The minimum atomic E-state index is 0.797. The first-order valence-corrected chi connectivity index (χ1v) is 22.0. The van der Waals surface area contributed by atoms with Gasteiger partial charge in [0, 0.05) is 75.3 Å². The van der Waals surface area contributed by atoms with E-state index in [4.69, 9.17) is 14.6 Å². The van der Waals surface area contributed by atoms with Crippen molar-refractivity contribution in [3.8, 4) is 39.8 Å². The van der Waals surface area contributed by atoms with Gasteiger partial charge in [0.15, 0.2) is 11.6 Å². The molecule has 0 radical (unpaired) electrons. The molecule has 0 N–H and O–H groups in total. The molecule has 0 unspecified atom stereocenters. The molecule has 14 rings (SSSR count). The smallest absolute Gasteiger partial charge is 0.168 e. The van der Waals surface area contributed by atoms with Crippen LogP contribution in [0.15, 0.2) is 205 Å². The summed E-state index contributed by atoms with van der Waals surface area (Å²) in [5, 5.41) is 19.0. The summed E-state index contributed by atoms with van der Waals surface area (Å²) >= 11 is 1.84. The molecular weight excluding hydrogens is 791 g/mol. The zero-order valence-corrected chi connectivity index (χ0v) is 34.4. The van der Waals surface area contributed by atoms with Gasteiger partial charge in [0.05, 0.1) is 27.5 Å². The second-order valence-corrected chi connectivity index (χ2v) is 17.3. The van der Waals surface area contributed by atoms with Gasteiger partial charge in [-0.15, -0.1) is 21.5 Å². The van der Waals surface area contributed by atoms with E-state index < -0.39 is 0 Å². The zero-order valence-electron chi connectivity index (χ0n) is 33.6. The topological polar surface area (TPSA) is 53.7 Å². The molecule has 0 saturated heterocycles. The Morgan fingerprint density at radius 3 is 1.67 bits per heavy atom. The predicted molar refractivity (Wildman–Crippen MR) is 261 cm³/mol. The van der Waals surface area contributed by atoms with Crippen molar-refractivity contribution in [2.45, 2.75) is 0 Å². The molecule has 0 amide bonds. The van der Waals surface area contributed by atoms with E-state index in [1.807, 2.05) is 41.7 Å². The van der Waals surface area contributed by atoms with Crippen LogP contribution in [0.3, 0.4) is 0 Å². The highest BCUT2D eigenvalue weighted by molar-refractivity contribution is 7.25. The van der Waals surface area contributed by atoms with E-state index >= 15 is 0 Å². The monoisotopic (exact) mass is 823 g/mol. The molecule has 6 nitrogen and oxygen atoms in total. The van der Waals surface area contributed by atoms with E-state index in [1.165, 1.54) is 30.9 Å². The number of rotatable bonds is 5. The highest BCUT2D eigenvalue weighted by Crippen LogP contribution is 2.43. The number of benzene rings is 9. The van der Waals surface area contributed by atoms with Gasteiger partial charge in [0.25, 0.3) is 0 Å². The number of thiophene rings is 1. The molecule has 0 aliphatic rings. The predicted octanol–water partition coefficient (Wildman–Crippen LogP) is 15.1. The molecule has 0 spiro atoms. The molecule has 0 atom stereocenters. The molecule has 5 aromatic heterocycles. The number of nitrogens with zero attached hydrogens (tertiary/aromatic N) is 5. The molecule has 0 saturated carbocycles. The Hall–Kier alpha value is -8.26. The minimum absolute atomic E-state index is 0.797. The molecule has 7 heteroatoms. The van der Waals surface area contributed by atoms with Gasteiger partial charge in [-0.05, 0) is 97.1 Å². The number of hydrogen-bond acceptors (Lipinski definition) is 4. The first kappa shape index (κ1) is 34.5. The fourth-order valence-electron chi connectivity index (χ4n) is 10.0. The minimum Gasteiger partial charge on any atom is -0.455 e. The lowest BCUT2D eigenvalue weighted by molar-refractivity contribution is 0.673. The standard InChI is InChI=1S/C56H33N5OS/c1-3-13-34(14-4-1)55-57-58-56(61(55)36-15-5-2-6-16-36)35-23-27-48-43(31-35)39-17-7-10-20-46(39)59(48)37-24-29-51-44(32-37)45-33-38(25-30-52(45)63-51)60-47-21-11-8-19-42(47)53-49(60)28-26-41-40-18-9-12-22-50(40)62-54(41)53/h1-33H. The Balaban J connectivity index is 0.941. The van der Waals surface area contributed by atoms with Crippen molar-refractivity contribution in [3.05, 3.63) is 200 Å². The second-order valence-electron chi connectivity index (χ2n) is 16.2. The normalized spacial score (nSPS) is 12.1. The molecule has 0 fully saturated rings. The molecule has 63 heavy (non-hydrogen) atoms. The Morgan fingerprint density at radius 2 is 0.921 bits per heavy atom. The van der Waals surface area contributed by atoms with Gasteiger partial charge in [-0.2, -0.15) is 0 Å². The van der Waals surface area contributed by atoms with Gasteiger partial charge >= 0.3 is 0 Å². The third-order valence-electron chi connectivity index (χ3n) is 12.8. The van der Waals surface area contributed by atoms with Gasteiger partial charge in [-0.3, -0.25) is 4.57 Å². The van der Waals surface area contributed by atoms with Crippen LogP contribution in [0.4, 0.5) is 0 Å². The Morgan fingerprint density at radius 1 is 0.349 bits per heavy atom. The maximum Gasteiger partial charge on any atom is 0.168 e. The summed E-state index contributed by atoms with van der Waals surface area (Å²) in [6, 6.07) is 71.4. The third kappa shape index (κ3) is 4.99. The average Bonchev–Trinajstić information content (AvgIpc) is 4.17. The van der Waals surface area contributed by atoms with Crippen molar-refractivity contribution in [2.75, 3.05) is 0 Å². The van der Waals surface area contributed by atoms with E-state index in [-0.39, 0.29) is 0 Å². The number of aromatic nitrogens is 5. The number of furan rings is 1. The van der Waals surface area contributed by atoms with Crippen LogP contribution in [-0.4, -0.2) is 23.9 Å². The van der Waals surface area contributed by atoms with Gasteiger partial charge in [0.1, 0.15) is 11.2 Å². The van der Waals surface area contributed by atoms with Crippen LogP contribution in [0.1, 0.15) is 0 Å². The lowest BCUT2D eigenvalue weighted by Crippen LogP contribution is -2.00. The van der Waals surface area contributed by atoms with Crippen molar-refractivity contribution in [3.63, 3.8) is 0 Å². The molecule has 294 valence electrons. The lowest BCUT2D eigenvalue weighted by atomic mass is 10.1. The maximum absolute atomic E-state index is 6.60. The van der Waals surface area contributed by atoms with Crippen molar-refractivity contribution in [1.82, 2.24) is 23.9 Å². The van der Waals surface area contributed by atoms with Gasteiger partial charge in [0.2, 0.25) is 0 Å². The highest BCUT2D eigenvalue weighted by atomic mass is 32.1. The van der Waals surface area contributed by atoms with Crippen LogP contribution in [0, 0.1) is 0 Å². The highest BCUT2D eigenvalue weighted by Gasteiger charge is 2.22. The summed E-state index contributed by atoms with van der Waals surface area (Å²) < 4.78 is 16.1. The second kappa shape index (κ2) is 13.1. The van der Waals surface area contributed by atoms with Crippen LogP contribution in [-0.2, 0) is 0 Å². The molecule has 5 heterocycles. The molecule has 0 aliphatic heterocycles. The van der Waals surface area contributed by atoms with Crippen LogP contribution in [0.2, 0.25) is 0 Å². The summed E-state index contributed by atoms with van der Waals surface area (Å²) in [7, 11) is 0. The largest absolute Gasteiger partial charge is 0.455 e. The third-order valence-corrected chi connectivity index (χ3v) is 13.9. The molecule has 14 aromatic rings. The van der Waals surface area contributed by atoms with E-state index in [2.05, 4.69) is 184 Å². The average molecular weight is 824 g/mol. The quantitative estimate of drug-likeness (QED) is 0.174. The summed E-state index contributed by atoms with van der Waals surface area (Å²) in [5.41, 5.74) is 11.7. The Labute approximate surface area is 363 Å². The van der Waals surface area contributed by atoms with Crippen LogP contribution >= 0.6 is 11.3 Å². The fraction of sp³-hybridized carbons (Fsp3) is 0. The first-order valence-electron chi connectivity index (χ1n) is 21.2. The van der Waals surface area contributed by atoms with Crippen LogP contribution < -0.4 is 0 Å². The number of para-hydroxylation sites is 4. The number of hydrogen-bond donors (Lipinski definition) is 0. The van der Waals surface area contributed by atoms with Gasteiger partial charge in [-0.1, -0.05) is 103 Å². The van der Waals surface area contributed by atoms with E-state index in [0.29, 0.717) is 0 Å². The molecular formula is C56H33N5OS. The van der Waals surface area contributed by atoms with Crippen LogP contribution in [0.25, 0.3) is 126 Å². The number of fused-ring (bicyclic) bond motifs is 13. The summed E-state index contributed by atoms with van der Waals surface area (Å²) in [4.78, 5) is 0. The Kier molecular flexibility index (Phi) is 7.17. The molecule has 0 bridgehead atoms. The molecule has 9 aromatic carbocycles. The summed E-state index contributed by atoms with van der Waals surface area (Å²) in [6.07, 6.45) is 0. The van der Waals surface area contributed by atoms with E-state index in [9.17, 15) is 0 Å². The Bertz CT molecular complexity index is 4150.